The molecule has 1 aromatic rings. The summed E-state index contributed by atoms with van der Waals surface area (Å²) in [6.07, 6.45) is 1.60. The number of amides is 1. The fraction of sp³-hybridized carbons (Fsp3) is 0.636. The highest BCUT2D eigenvalue weighted by Crippen LogP contribution is 2.19. The van der Waals surface area contributed by atoms with Gasteiger partial charge in [-0.1, -0.05) is 5.21 Å². The van der Waals surface area contributed by atoms with E-state index in [1.54, 1.807) is 22.9 Å². The first-order valence-electron chi connectivity index (χ1n) is 6.28. The minimum atomic E-state index is -0.888. The van der Waals surface area contributed by atoms with Crippen molar-refractivity contribution in [2.24, 2.45) is 5.73 Å². The lowest BCUT2D eigenvalue weighted by Crippen LogP contribution is -2.48. The van der Waals surface area contributed by atoms with Crippen LogP contribution in [-0.2, 0) is 22.7 Å². The number of aliphatic carboxylic acids is 1. The smallest absolute Gasteiger partial charge is 0.305 e. The van der Waals surface area contributed by atoms with E-state index < -0.39 is 5.97 Å². The Hall–Kier alpha value is -1.61. The number of carbonyl (C=O) groups is 2. The van der Waals surface area contributed by atoms with Crippen LogP contribution in [-0.4, -0.2) is 61.0 Å². The lowest BCUT2D eigenvalue weighted by Gasteiger charge is -2.34. The average molecular weight is 299 g/mol. The van der Waals surface area contributed by atoms with Crippen molar-refractivity contribution in [3.8, 4) is 0 Å². The predicted molar refractivity (Wildman–Crippen MR) is 73.0 cm³/mol. The van der Waals surface area contributed by atoms with Crippen molar-refractivity contribution in [3.05, 3.63) is 11.9 Å². The number of carbonyl (C=O) groups excluding carboxylic acids is 1. The molecule has 2 rings (SSSR count). The van der Waals surface area contributed by atoms with Crippen molar-refractivity contribution in [2.45, 2.75) is 25.6 Å². The van der Waals surface area contributed by atoms with Crippen molar-refractivity contribution >= 4 is 23.6 Å². The number of rotatable bonds is 5. The molecule has 0 spiro atoms. The molecule has 9 heteroatoms. The molecule has 8 nitrogen and oxygen atoms in total. The average Bonchev–Trinajstić information content (AvgIpc) is 2.86. The molecule has 1 atom stereocenters. The van der Waals surface area contributed by atoms with Gasteiger partial charge in [0, 0.05) is 24.6 Å². The Bertz CT molecular complexity index is 492. The van der Waals surface area contributed by atoms with Crippen LogP contribution in [0.25, 0.3) is 0 Å². The molecule has 0 radical (unpaired) electrons. The van der Waals surface area contributed by atoms with Gasteiger partial charge in [-0.15, -0.1) is 5.10 Å². The molecule has 3 N–H and O–H groups in total. The number of carboxylic acid groups (broad SMARTS) is 1. The molecular weight excluding hydrogens is 282 g/mol. The Morgan fingerprint density at radius 2 is 2.35 bits per heavy atom. The van der Waals surface area contributed by atoms with Gasteiger partial charge in [0.2, 0.25) is 5.91 Å². The van der Waals surface area contributed by atoms with Gasteiger partial charge in [-0.25, -0.2) is 4.68 Å². The highest BCUT2D eigenvalue weighted by atomic mass is 32.2. The van der Waals surface area contributed by atoms with E-state index in [-0.39, 0.29) is 31.5 Å². The molecule has 1 saturated heterocycles. The largest absolute Gasteiger partial charge is 0.481 e. The van der Waals surface area contributed by atoms with Gasteiger partial charge < -0.3 is 15.7 Å². The normalized spacial score (nSPS) is 19.1. The van der Waals surface area contributed by atoms with E-state index in [0.29, 0.717) is 18.0 Å². The van der Waals surface area contributed by atoms with Crippen LogP contribution in [0.15, 0.2) is 6.20 Å². The zero-order valence-corrected chi connectivity index (χ0v) is 11.8. The van der Waals surface area contributed by atoms with E-state index >= 15 is 0 Å². The number of carboxylic acids is 1. The summed E-state index contributed by atoms with van der Waals surface area (Å²) in [7, 11) is 0. The number of aromatic nitrogens is 3. The van der Waals surface area contributed by atoms with Crippen LogP contribution in [0.4, 0.5) is 0 Å². The third-order valence-electron chi connectivity index (χ3n) is 3.05. The molecule has 20 heavy (non-hydrogen) atoms. The van der Waals surface area contributed by atoms with Gasteiger partial charge in [0.05, 0.1) is 24.4 Å². The summed E-state index contributed by atoms with van der Waals surface area (Å²) in [4.78, 5) is 24.7. The summed E-state index contributed by atoms with van der Waals surface area (Å²) in [5.41, 5.74) is 6.05. The Balaban J connectivity index is 1.99. The van der Waals surface area contributed by atoms with Gasteiger partial charge in [-0.3, -0.25) is 9.59 Å². The molecule has 0 bridgehead atoms. The van der Waals surface area contributed by atoms with Gasteiger partial charge in [0.25, 0.3) is 0 Å². The van der Waals surface area contributed by atoms with E-state index in [9.17, 15) is 9.59 Å². The van der Waals surface area contributed by atoms with Crippen molar-refractivity contribution in [1.82, 2.24) is 19.9 Å². The Morgan fingerprint density at radius 3 is 3.00 bits per heavy atom. The van der Waals surface area contributed by atoms with Gasteiger partial charge in [-0.2, -0.15) is 11.8 Å². The van der Waals surface area contributed by atoms with E-state index in [2.05, 4.69) is 10.3 Å². The van der Waals surface area contributed by atoms with Crippen molar-refractivity contribution in [3.63, 3.8) is 0 Å². The molecule has 0 aromatic carbocycles. The fourth-order valence-electron chi connectivity index (χ4n) is 2.09. The molecular formula is C11H17N5O3S. The van der Waals surface area contributed by atoms with E-state index in [1.165, 1.54) is 4.68 Å². The Kier molecular flexibility index (Phi) is 4.96. The Labute approximate surface area is 120 Å². The maximum atomic E-state index is 12.3. The molecule has 1 aliphatic rings. The molecule has 1 aromatic heterocycles. The second-order valence-electron chi connectivity index (χ2n) is 4.53. The molecule has 0 aliphatic carbocycles. The summed E-state index contributed by atoms with van der Waals surface area (Å²) in [6, 6.07) is -0.253. The standard InChI is InChI=1S/C11H17N5O3S/c12-4-8-5-15(14-13-8)6-10(17)16-1-2-20-7-9(16)3-11(18)19/h5,9H,1-4,6-7,12H2,(H,18,19). The first kappa shape index (κ1) is 14.8. The highest BCUT2D eigenvalue weighted by Gasteiger charge is 2.28. The van der Waals surface area contributed by atoms with Crippen molar-refractivity contribution in [2.75, 3.05) is 18.1 Å². The number of hydrogen-bond donors (Lipinski definition) is 2. The van der Waals surface area contributed by atoms with Crippen LogP contribution in [0.1, 0.15) is 12.1 Å². The zero-order chi connectivity index (χ0) is 14.5. The summed E-state index contributed by atoms with van der Waals surface area (Å²) in [6.45, 7) is 0.907. The van der Waals surface area contributed by atoms with Crippen LogP contribution < -0.4 is 5.73 Å². The maximum absolute atomic E-state index is 12.3. The topological polar surface area (TPSA) is 114 Å². The number of nitrogens with zero attached hydrogens (tertiary/aromatic N) is 4. The van der Waals surface area contributed by atoms with Gasteiger partial charge in [0.1, 0.15) is 6.54 Å². The summed E-state index contributed by atoms with van der Waals surface area (Å²) < 4.78 is 1.43. The molecule has 2 heterocycles. The molecule has 1 fully saturated rings. The van der Waals surface area contributed by atoms with Crippen LogP contribution in [0.3, 0.4) is 0 Å². The summed E-state index contributed by atoms with van der Waals surface area (Å²) in [5, 5.41) is 16.5. The van der Waals surface area contributed by atoms with Crippen molar-refractivity contribution in [1.29, 1.82) is 0 Å². The minimum absolute atomic E-state index is 0.0237. The number of thioether (sulfide) groups is 1. The summed E-state index contributed by atoms with van der Waals surface area (Å²) >= 11 is 1.67. The Morgan fingerprint density at radius 1 is 1.55 bits per heavy atom. The van der Waals surface area contributed by atoms with Crippen LogP contribution in [0.2, 0.25) is 0 Å². The first-order chi connectivity index (χ1) is 9.60. The van der Waals surface area contributed by atoms with E-state index in [0.717, 1.165) is 5.75 Å². The quantitative estimate of drug-likeness (QED) is 0.728. The van der Waals surface area contributed by atoms with Gasteiger partial charge in [-0.05, 0) is 0 Å². The lowest BCUT2D eigenvalue weighted by atomic mass is 10.2. The molecule has 0 saturated carbocycles. The third-order valence-corrected chi connectivity index (χ3v) is 4.14. The second-order valence-corrected chi connectivity index (χ2v) is 5.68. The second kappa shape index (κ2) is 6.71. The van der Waals surface area contributed by atoms with Crippen molar-refractivity contribution < 1.29 is 14.7 Å². The highest BCUT2D eigenvalue weighted by molar-refractivity contribution is 7.99. The fourth-order valence-corrected chi connectivity index (χ4v) is 3.15. The number of hydrogen-bond acceptors (Lipinski definition) is 6. The minimum Gasteiger partial charge on any atom is -0.481 e. The molecule has 1 unspecified atom stereocenters. The predicted octanol–water partition coefficient (Wildman–Crippen LogP) is -0.844. The molecule has 110 valence electrons. The lowest BCUT2D eigenvalue weighted by molar-refractivity contribution is -0.140. The summed E-state index contributed by atoms with van der Waals surface area (Å²) in [5.74, 6) is 0.461. The van der Waals surface area contributed by atoms with E-state index in [4.69, 9.17) is 10.8 Å². The van der Waals surface area contributed by atoms with Crippen LogP contribution >= 0.6 is 11.8 Å². The zero-order valence-electron chi connectivity index (χ0n) is 10.9. The van der Waals surface area contributed by atoms with E-state index in [1.807, 2.05) is 0 Å². The van der Waals surface area contributed by atoms with Gasteiger partial charge in [0.15, 0.2) is 0 Å². The molecule has 1 amide bonds. The maximum Gasteiger partial charge on any atom is 0.305 e. The first-order valence-corrected chi connectivity index (χ1v) is 7.43. The monoisotopic (exact) mass is 299 g/mol. The third kappa shape index (κ3) is 3.70. The van der Waals surface area contributed by atoms with Crippen LogP contribution in [0, 0.1) is 0 Å². The molecule has 1 aliphatic heterocycles. The van der Waals surface area contributed by atoms with Gasteiger partial charge >= 0.3 is 5.97 Å². The van der Waals surface area contributed by atoms with Crippen LogP contribution in [0.5, 0.6) is 0 Å². The SMILES string of the molecule is NCc1cn(CC(=O)N2CCSCC2CC(=O)O)nn1. The number of nitrogens with two attached hydrogens (primary N) is 1.